The van der Waals surface area contributed by atoms with Gasteiger partial charge in [0.05, 0.1) is 18.2 Å². The topological polar surface area (TPSA) is 112 Å². The predicted molar refractivity (Wildman–Crippen MR) is 128 cm³/mol. The van der Waals surface area contributed by atoms with Crippen molar-refractivity contribution in [2.45, 2.75) is 19.6 Å². The second-order valence-corrected chi connectivity index (χ2v) is 7.51. The maximum atomic E-state index is 12.2. The molecule has 1 atom stereocenters. The van der Waals surface area contributed by atoms with E-state index < -0.39 is 16.9 Å². The highest BCUT2D eigenvalue weighted by atomic mass is 35.5. The van der Waals surface area contributed by atoms with Crippen molar-refractivity contribution in [1.29, 1.82) is 0 Å². The minimum atomic E-state index is -0.864. The van der Waals surface area contributed by atoms with E-state index in [9.17, 15) is 14.9 Å². The third-order valence-corrected chi connectivity index (χ3v) is 4.87. The molecule has 0 bridgehead atoms. The predicted octanol–water partition coefficient (Wildman–Crippen LogP) is 4.75. The first-order valence-electron chi connectivity index (χ1n) is 10.1. The molecule has 0 aliphatic heterocycles. The van der Waals surface area contributed by atoms with Crippen molar-refractivity contribution < 1.29 is 23.9 Å². The van der Waals surface area contributed by atoms with Gasteiger partial charge in [0.1, 0.15) is 12.4 Å². The van der Waals surface area contributed by atoms with Crippen molar-refractivity contribution >= 4 is 29.4 Å². The summed E-state index contributed by atoms with van der Waals surface area (Å²) in [5.74, 6) is 0.920. The number of ether oxygens (including phenoxy) is 3. The second kappa shape index (κ2) is 11.7. The Morgan fingerprint density at radius 1 is 1.12 bits per heavy atom. The number of hydrogen-bond donors (Lipinski definition) is 1. The number of non-ortho nitro benzene ring substituents is 1. The van der Waals surface area contributed by atoms with E-state index >= 15 is 0 Å². The van der Waals surface area contributed by atoms with Crippen molar-refractivity contribution in [3.63, 3.8) is 0 Å². The maximum Gasteiger partial charge on any atom is 0.280 e. The molecular formula is C24H22ClN3O6. The molecule has 0 aromatic heterocycles. The Kier molecular flexibility index (Phi) is 8.42. The highest BCUT2D eigenvalue weighted by molar-refractivity contribution is 6.30. The molecule has 0 fully saturated rings. The van der Waals surface area contributed by atoms with Crippen LogP contribution in [0.3, 0.4) is 0 Å². The molecule has 0 saturated heterocycles. The summed E-state index contributed by atoms with van der Waals surface area (Å²) in [5, 5.41) is 15.3. The Labute approximate surface area is 201 Å². The molecule has 1 N–H and O–H groups in total. The zero-order chi connectivity index (χ0) is 24.5. The summed E-state index contributed by atoms with van der Waals surface area (Å²) >= 11 is 5.90. The summed E-state index contributed by atoms with van der Waals surface area (Å²) in [7, 11) is 1.53. The first-order valence-corrected chi connectivity index (χ1v) is 10.5. The van der Waals surface area contributed by atoms with Gasteiger partial charge in [-0.25, -0.2) is 5.43 Å². The van der Waals surface area contributed by atoms with E-state index in [0.29, 0.717) is 34.4 Å². The largest absolute Gasteiger partial charge is 0.493 e. The van der Waals surface area contributed by atoms with Gasteiger partial charge in [-0.3, -0.25) is 14.9 Å². The van der Waals surface area contributed by atoms with Crippen LogP contribution in [0.15, 0.2) is 71.8 Å². The van der Waals surface area contributed by atoms with Gasteiger partial charge < -0.3 is 14.2 Å². The van der Waals surface area contributed by atoms with Crippen LogP contribution in [-0.2, 0) is 11.4 Å². The number of rotatable bonds is 10. The lowest BCUT2D eigenvalue weighted by Crippen LogP contribution is -2.33. The lowest BCUT2D eigenvalue weighted by atomic mass is 10.2. The number of amides is 1. The van der Waals surface area contributed by atoms with Crippen LogP contribution in [0.4, 0.5) is 5.69 Å². The summed E-state index contributed by atoms with van der Waals surface area (Å²) in [4.78, 5) is 22.4. The van der Waals surface area contributed by atoms with Crippen molar-refractivity contribution in [2.75, 3.05) is 7.11 Å². The number of nitro groups is 1. The van der Waals surface area contributed by atoms with Gasteiger partial charge in [0, 0.05) is 17.2 Å². The van der Waals surface area contributed by atoms with E-state index in [4.69, 9.17) is 25.8 Å². The van der Waals surface area contributed by atoms with Crippen molar-refractivity contribution in [1.82, 2.24) is 5.43 Å². The van der Waals surface area contributed by atoms with E-state index in [1.807, 2.05) is 12.1 Å². The first-order chi connectivity index (χ1) is 16.4. The van der Waals surface area contributed by atoms with Crippen LogP contribution in [-0.4, -0.2) is 30.3 Å². The molecule has 0 heterocycles. The smallest absolute Gasteiger partial charge is 0.280 e. The number of nitro benzene ring substituents is 1. The molecule has 1 amide bonds. The lowest BCUT2D eigenvalue weighted by molar-refractivity contribution is -0.384. The van der Waals surface area contributed by atoms with E-state index in [0.717, 1.165) is 5.56 Å². The SMILES string of the molecule is COc1cc(/C=N\NC(=O)[C@@H](C)Oc2ccc([N+](=O)[O-])cc2)ccc1OCc1ccc(Cl)cc1. The molecular weight excluding hydrogens is 462 g/mol. The molecule has 3 aromatic carbocycles. The van der Waals surface area contributed by atoms with Crippen LogP contribution in [0, 0.1) is 10.1 Å². The molecule has 0 unspecified atom stereocenters. The summed E-state index contributed by atoms with van der Waals surface area (Å²) in [6, 6.07) is 18.0. The number of carbonyl (C=O) groups excluding carboxylic acids is 1. The summed E-state index contributed by atoms with van der Waals surface area (Å²) in [6.45, 7) is 1.89. The van der Waals surface area contributed by atoms with Crippen LogP contribution < -0.4 is 19.6 Å². The fraction of sp³-hybridized carbons (Fsp3) is 0.167. The molecule has 0 aliphatic rings. The average Bonchev–Trinajstić information content (AvgIpc) is 2.84. The molecule has 3 aromatic rings. The number of carbonyl (C=O) groups is 1. The third kappa shape index (κ3) is 6.94. The van der Waals surface area contributed by atoms with Crippen LogP contribution in [0.2, 0.25) is 5.02 Å². The zero-order valence-corrected chi connectivity index (χ0v) is 19.2. The van der Waals surface area contributed by atoms with E-state index in [1.165, 1.54) is 37.6 Å². The molecule has 10 heteroatoms. The number of nitrogens with one attached hydrogen (secondary N) is 1. The van der Waals surface area contributed by atoms with Gasteiger partial charge in [-0.15, -0.1) is 0 Å². The number of methoxy groups -OCH3 is 1. The molecule has 0 saturated carbocycles. The van der Waals surface area contributed by atoms with Gasteiger partial charge in [-0.1, -0.05) is 23.7 Å². The van der Waals surface area contributed by atoms with Gasteiger partial charge in [0.2, 0.25) is 0 Å². The monoisotopic (exact) mass is 483 g/mol. The Balaban J connectivity index is 1.54. The minimum Gasteiger partial charge on any atom is -0.493 e. The number of benzene rings is 3. The number of nitrogens with zero attached hydrogens (tertiary/aromatic N) is 2. The molecule has 34 heavy (non-hydrogen) atoms. The molecule has 9 nitrogen and oxygen atoms in total. The fourth-order valence-electron chi connectivity index (χ4n) is 2.79. The Bertz CT molecular complexity index is 1170. The van der Waals surface area contributed by atoms with Gasteiger partial charge in [0.25, 0.3) is 11.6 Å². The quantitative estimate of drug-likeness (QED) is 0.253. The van der Waals surface area contributed by atoms with E-state index in [-0.39, 0.29) is 5.69 Å². The van der Waals surface area contributed by atoms with E-state index in [1.54, 1.807) is 37.3 Å². The second-order valence-electron chi connectivity index (χ2n) is 7.07. The average molecular weight is 484 g/mol. The summed E-state index contributed by atoms with van der Waals surface area (Å²) < 4.78 is 16.7. The van der Waals surface area contributed by atoms with Crippen molar-refractivity contribution in [3.8, 4) is 17.2 Å². The third-order valence-electron chi connectivity index (χ3n) is 4.61. The molecule has 176 valence electrons. The highest BCUT2D eigenvalue weighted by Crippen LogP contribution is 2.28. The summed E-state index contributed by atoms with van der Waals surface area (Å²) in [6.07, 6.45) is 0.596. The Morgan fingerprint density at radius 2 is 1.82 bits per heavy atom. The Hall–Kier alpha value is -4.11. The zero-order valence-electron chi connectivity index (χ0n) is 18.4. The molecule has 0 spiro atoms. The molecule has 3 rings (SSSR count). The summed E-state index contributed by atoms with van der Waals surface area (Å²) in [5.41, 5.74) is 3.98. The van der Waals surface area contributed by atoms with E-state index in [2.05, 4.69) is 10.5 Å². The lowest BCUT2D eigenvalue weighted by Gasteiger charge is -2.13. The maximum absolute atomic E-state index is 12.2. The van der Waals surface area contributed by atoms with Crippen LogP contribution >= 0.6 is 11.6 Å². The standard InChI is InChI=1S/C24H22ClN3O6/c1-16(34-21-10-8-20(9-11-21)28(30)31)24(29)27-26-14-18-5-12-22(23(13-18)32-2)33-15-17-3-6-19(25)7-4-17/h3-14,16H,15H2,1-2H3,(H,27,29)/b26-14-/t16-/m1/s1. The van der Waals surface area contributed by atoms with Crippen LogP contribution in [0.1, 0.15) is 18.1 Å². The molecule has 0 radical (unpaired) electrons. The van der Waals surface area contributed by atoms with Crippen LogP contribution in [0.25, 0.3) is 0 Å². The Morgan fingerprint density at radius 3 is 2.47 bits per heavy atom. The number of halogens is 1. The highest BCUT2D eigenvalue weighted by Gasteiger charge is 2.15. The number of hydrazone groups is 1. The first kappa shape index (κ1) is 24.5. The van der Waals surface area contributed by atoms with Crippen molar-refractivity contribution in [2.24, 2.45) is 5.10 Å². The minimum absolute atomic E-state index is 0.0640. The fourth-order valence-corrected chi connectivity index (χ4v) is 2.92. The van der Waals surface area contributed by atoms with Gasteiger partial charge in [-0.05, 0) is 60.5 Å². The molecule has 0 aliphatic carbocycles. The number of hydrogen-bond acceptors (Lipinski definition) is 7. The van der Waals surface area contributed by atoms with Crippen LogP contribution in [0.5, 0.6) is 17.2 Å². The van der Waals surface area contributed by atoms with Gasteiger partial charge in [0.15, 0.2) is 17.6 Å². The van der Waals surface area contributed by atoms with Gasteiger partial charge in [-0.2, -0.15) is 5.10 Å². The van der Waals surface area contributed by atoms with Crippen molar-refractivity contribution in [3.05, 3.63) is 93.0 Å². The van der Waals surface area contributed by atoms with Gasteiger partial charge >= 0.3 is 0 Å². The normalized spacial score (nSPS) is 11.6.